The van der Waals surface area contributed by atoms with E-state index in [-0.39, 0.29) is 32.1 Å². The summed E-state index contributed by atoms with van der Waals surface area (Å²) in [6, 6.07) is 0. The topological polar surface area (TPSA) is 131 Å². The maximum absolute atomic E-state index is 12.0. The molecule has 0 aliphatic heterocycles. The number of allylic oxidation sites excluding steroid dienone is 12. The van der Waals surface area contributed by atoms with E-state index in [0.717, 1.165) is 89.9 Å². The number of ether oxygens (including phenoxy) is 1. The molecule has 3 N–H and O–H groups in total. The van der Waals surface area contributed by atoms with Gasteiger partial charge in [0.1, 0.15) is 12.7 Å². The SMILES string of the molecule is CC/C=C\C/C=C\C/C=C\C/C=C\C/C=C\C/C=C\CCCCC(=O)NCCOP(=O)(O)OCC(O)COC(=O)CCCCCCC. The summed E-state index contributed by atoms with van der Waals surface area (Å²) < 4.78 is 26.5. The molecule has 0 radical (unpaired) electrons. The highest BCUT2D eigenvalue weighted by Crippen LogP contribution is 2.42. The van der Waals surface area contributed by atoms with E-state index in [9.17, 15) is 24.2 Å². The molecule has 0 fully saturated rings. The minimum Gasteiger partial charge on any atom is -0.463 e. The second kappa shape index (κ2) is 33.4. The monoisotopic (exact) mass is 679 g/mol. The Kier molecular flexibility index (Phi) is 31.5. The smallest absolute Gasteiger partial charge is 0.463 e. The van der Waals surface area contributed by atoms with E-state index in [0.29, 0.717) is 6.42 Å². The molecule has 0 aromatic heterocycles. The van der Waals surface area contributed by atoms with E-state index in [2.05, 4.69) is 92.1 Å². The van der Waals surface area contributed by atoms with Crippen LogP contribution in [-0.4, -0.2) is 54.3 Å². The highest BCUT2D eigenvalue weighted by molar-refractivity contribution is 7.47. The second-order valence-corrected chi connectivity index (χ2v) is 12.6. The van der Waals surface area contributed by atoms with Gasteiger partial charge in [-0.2, -0.15) is 0 Å². The van der Waals surface area contributed by atoms with Crippen LogP contribution in [0.1, 0.15) is 117 Å². The van der Waals surface area contributed by atoms with Crippen LogP contribution in [0.5, 0.6) is 0 Å². The van der Waals surface area contributed by atoms with Crippen molar-refractivity contribution < 1.29 is 37.9 Å². The zero-order chi connectivity index (χ0) is 34.7. The number of aliphatic hydroxyl groups excluding tert-OH is 1. The molecule has 0 aliphatic rings. The molecule has 9 nitrogen and oxygen atoms in total. The van der Waals surface area contributed by atoms with Crippen molar-refractivity contribution in [1.29, 1.82) is 0 Å². The summed E-state index contributed by atoms with van der Waals surface area (Å²) in [4.78, 5) is 33.4. The normalized spacial score (nSPS) is 14.4. The average Bonchev–Trinajstić information content (AvgIpc) is 3.05. The summed E-state index contributed by atoms with van der Waals surface area (Å²) >= 11 is 0. The Morgan fingerprint density at radius 1 is 0.681 bits per heavy atom. The lowest BCUT2D eigenvalue weighted by Gasteiger charge is -2.15. The first-order chi connectivity index (χ1) is 22.8. The van der Waals surface area contributed by atoms with Gasteiger partial charge in [-0.25, -0.2) is 4.57 Å². The van der Waals surface area contributed by atoms with Crippen LogP contribution in [0.25, 0.3) is 0 Å². The molecule has 0 bridgehead atoms. The molecule has 0 saturated heterocycles. The van der Waals surface area contributed by atoms with Gasteiger partial charge in [-0.15, -0.1) is 0 Å². The maximum atomic E-state index is 12.0. The molecule has 1 amide bonds. The quantitative estimate of drug-likeness (QED) is 0.0287. The molecule has 10 heteroatoms. The molecule has 0 rings (SSSR count). The number of carbonyl (C=O) groups is 2. The average molecular weight is 680 g/mol. The van der Waals surface area contributed by atoms with Gasteiger partial charge in [-0.05, 0) is 64.2 Å². The summed E-state index contributed by atoms with van der Waals surface area (Å²) in [5.41, 5.74) is 0. The molecule has 47 heavy (non-hydrogen) atoms. The number of carbonyl (C=O) groups excluding carboxylic acids is 2. The predicted molar refractivity (Wildman–Crippen MR) is 192 cm³/mol. The van der Waals surface area contributed by atoms with Gasteiger partial charge in [-0.1, -0.05) is 112 Å². The van der Waals surface area contributed by atoms with E-state index in [1.54, 1.807) is 0 Å². The zero-order valence-corrected chi connectivity index (χ0v) is 29.8. The Balaban J connectivity index is 3.73. The van der Waals surface area contributed by atoms with Gasteiger partial charge < -0.3 is 20.1 Å². The van der Waals surface area contributed by atoms with Gasteiger partial charge in [-0.3, -0.25) is 18.6 Å². The van der Waals surface area contributed by atoms with E-state index in [1.165, 1.54) is 0 Å². The predicted octanol–water partition coefficient (Wildman–Crippen LogP) is 8.76. The number of hydrogen-bond donors (Lipinski definition) is 3. The third-order valence-electron chi connectivity index (χ3n) is 6.65. The van der Waals surface area contributed by atoms with Crippen molar-refractivity contribution in [2.75, 3.05) is 26.4 Å². The molecular formula is C37H62NO8P. The van der Waals surface area contributed by atoms with Gasteiger partial charge in [0, 0.05) is 19.4 Å². The van der Waals surface area contributed by atoms with Crippen molar-refractivity contribution >= 4 is 19.7 Å². The Morgan fingerprint density at radius 2 is 1.21 bits per heavy atom. The molecular weight excluding hydrogens is 617 g/mol. The Morgan fingerprint density at radius 3 is 1.79 bits per heavy atom. The number of esters is 1. The first-order valence-corrected chi connectivity index (χ1v) is 18.9. The van der Waals surface area contributed by atoms with Crippen LogP contribution in [-0.2, 0) is 27.9 Å². The fourth-order valence-corrected chi connectivity index (χ4v) is 4.78. The Hall–Kier alpha value is -2.55. The van der Waals surface area contributed by atoms with E-state index < -0.39 is 26.5 Å². The molecule has 0 aromatic carbocycles. The van der Waals surface area contributed by atoms with Gasteiger partial charge in [0.2, 0.25) is 5.91 Å². The summed E-state index contributed by atoms with van der Waals surface area (Å²) in [5.74, 6) is -0.582. The van der Waals surface area contributed by atoms with Gasteiger partial charge in [0.25, 0.3) is 0 Å². The van der Waals surface area contributed by atoms with Crippen molar-refractivity contribution in [3.05, 3.63) is 72.9 Å². The maximum Gasteiger partial charge on any atom is 0.472 e. The molecule has 0 heterocycles. The minimum absolute atomic E-state index is 0.0539. The van der Waals surface area contributed by atoms with Crippen molar-refractivity contribution in [2.24, 2.45) is 0 Å². The van der Waals surface area contributed by atoms with E-state index >= 15 is 0 Å². The number of nitrogens with one attached hydrogen (secondary N) is 1. The van der Waals surface area contributed by atoms with Gasteiger partial charge in [0.15, 0.2) is 0 Å². The van der Waals surface area contributed by atoms with Crippen LogP contribution >= 0.6 is 7.82 Å². The fraction of sp³-hybridized carbons (Fsp3) is 0.622. The van der Waals surface area contributed by atoms with Crippen LogP contribution in [0, 0.1) is 0 Å². The first-order valence-electron chi connectivity index (χ1n) is 17.4. The largest absolute Gasteiger partial charge is 0.472 e. The number of phosphoric ester groups is 1. The zero-order valence-electron chi connectivity index (χ0n) is 28.9. The summed E-state index contributed by atoms with van der Waals surface area (Å²) in [7, 11) is -4.41. The summed E-state index contributed by atoms with van der Waals surface area (Å²) in [6.07, 6.45) is 38.8. The molecule has 2 atom stereocenters. The number of phosphoric acid groups is 1. The van der Waals surface area contributed by atoms with Gasteiger partial charge >= 0.3 is 13.8 Å². The van der Waals surface area contributed by atoms with Crippen LogP contribution in [0.4, 0.5) is 0 Å². The first kappa shape index (κ1) is 44.5. The molecule has 2 unspecified atom stereocenters. The molecule has 0 spiro atoms. The van der Waals surface area contributed by atoms with Gasteiger partial charge in [0.05, 0.1) is 13.2 Å². The second-order valence-electron chi connectivity index (χ2n) is 11.1. The molecule has 0 aliphatic carbocycles. The van der Waals surface area contributed by atoms with Crippen LogP contribution in [0.2, 0.25) is 0 Å². The highest BCUT2D eigenvalue weighted by atomic mass is 31.2. The number of hydrogen-bond acceptors (Lipinski definition) is 7. The highest BCUT2D eigenvalue weighted by Gasteiger charge is 2.23. The number of aliphatic hydroxyl groups is 1. The third kappa shape index (κ3) is 34.6. The fourth-order valence-electron chi connectivity index (χ4n) is 4.03. The molecule has 268 valence electrons. The van der Waals surface area contributed by atoms with Crippen molar-refractivity contribution in [3.8, 4) is 0 Å². The lowest BCUT2D eigenvalue weighted by atomic mass is 10.1. The Bertz CT molecular complexity index is 1000. The van der Waals surface area contributed by atoms with Crippen LogP contribution < -0.4 is 5.32 Å². The van der Waals surface area contributed by atoms with Crippen LogP contribution in [0.15, 0.2) is 72.9 Å². The lowest BCUT2D eigenvalue weighted by molar-refractivity contribution is -0.147. The standard InChI is InChI=1S/C37H62NO8P/c1-3-5-7-9-10-11-12-13-14-15-16-17-18-19-20-21-22-23-24-26-27-29-36(40)38-31-32-45-47(42,43)46-34-35(39)33-44-37(41)30-28-25-8-6-4-2/h5,7,10-11,13-14,16-17,19-20,22-23,35,39H,3-4,6,8-9,12,15,18,21,24-34H2,1-2H3,(H,38,40)(H,42,43)/b7-5-,11-10-,14-13-,17-16-,20-19-,23-22-. The summed E-state index contributed by atoms with van der Waals surface area (Å²) in [5, 5.41) is 12.5. The molecule has 0 aromatic rings. The summed E-state index contributed by atoms with van der Waals surface area (Å²) in [6.45, 7) is 3.23. The van der Waals surface area contributed by atoms with Crippen molar-refractivity contribution in [2.45, 2.75) is 123 Å². The van der Waals surface area contributed by atoms with E-state index in [4.69, 9.17) is 13.8 Å². The molecule has 0 saturated carbocycles. The number of amides is 1. The number of unbranched alkanes of at least 4 members (excludes halogenated alkanes) is 6. The number of rotatable bonds is 31. The van der Waals surface area contributed by atoms with E-state index in [1.807, 2.05) is 0 Å². The van der Waals surface area contributed by atoms with Crippen molar-refractivity contribution in [1.82, 2.24) is 5.32 Å². The minimum atomic E-state index is -4.41. The van der Waals surface area contributed by atoms with Crippen LogP contribution in [0.3, 0.4) is 0 Å². The lowest BCUT2D eigenvalue weighted by Crippen LogP contribution is -2.27. The third-order valence-corrected chi connectivity index (χ3v) is 7.64. The Labute approximate surface area is 284 Å². The van der Waals surface area contributed by atoms with Crippen molar-refractivity contribution in [3.63, 3.8) is 0 Å².